The standard InChI is InChI=1S/C24H37N7O7/c1-16(25)20(33)29-18(13-9-15-28-23(26)27)21(34)30(31(36)37)24(2,22(35)38-3)19(32)14-8-7-12-17-10-5-4-6-11-17/h4-6,10-11,16,18H,7-9,12-15,25H2,1-3H3,(H,29,33)(H4,26,27,28)/t16-,18-,24-/m0/s1. The molecule has 0 saturated carbocycles. The van der Waals surface area contributed by atoms with Crippen molar-refractivity contribution in [2.24, 2.45) is 22.2 Å². The molecular formula is C24H37N7O7. The van der Waals surface area contributed by atoms with E-state index in [0.717, 1.165) is 19.6 Å². The van der Waals surface area contributed by atoms with Gasteiger partial charge in [0.15, 0.2) is 16.8 Å². The third-order valence-electron chi connectivity index (χ3n) is 5.86. The smallest absolute Gasteiger partial charge is 0.345 e. The van der Waals surface area contributed by atoms with Gasteiger partial charge in [0.25, 0.3) is 5.54 Å². The van der Waals surface area contributed by atoms with Gasteiger partial charge in [-0.3, -0.25) is 19.4 Å². The number of methoxy groups -OCH3 is 1. The number of carbonyl (C=O) groups excluding carboxylic acids is 4. The van der Waals surface area contributed by atoms with Crippen molar-refractivity contribution in [3.8, 4) is 0 Å². The van der Waals surface area contributed by atoms with Crippen LogP contribution in [0.15, 0.2) is 35.3 Å². The van der Waals surface area contributed by atoms with E-state index in [2.05, 4.69) is 10.3 Å². The number of carbonyl (C=O) groups is 4. The molecule has 14 heteroatoms. The van der Waals surface area contributed by atoms with Crippen LogP contribution in [0.5, 0.6) is 0 Å². The predicted molar refractivity (Wildman–Crippen MR) is 139 cm³/mol. The number of ether oxygens (including phenoxy) is 1. The van der Waals surface area contributed by atoms with E-state index in [9.17, 15) is 29.3 Å². The van der Waals surface area contributed by atoms with E-state index in [1.54, 1.807) is 0 Å². The number of nitrogens with zero attached hydrogens (tertiary/aromatic N) is 3. The molecular weight excluding hydrogens is 498 g/mol. The fourth-order valence-electron chi connectivity index (χ4n) is 3.70. The van der Waals surface area contributed by atoms with Gasteiger partial charge >= 0.3 is 11.9 Å². The van der Waals surface area contributed by atoms with Crippen LogP contribution < -0.4 is 22.5 Å². The Morgan fingerprint density at radius 1 is 1.16 bits per heavy atom. The normalized spacial score (nSPS) is 13.8. The van der Waals surface area contributed by atoms with Gasteiger partial charge in [-0.05, 0) is 56.5 Å². The van der Waals surface area contributed by atoms with Crippen LogP contribution >= 0.6 is 0 Å². The molecule has 2 amide bonds. The van der Waals surface area contributed by atoms with Crippen LogP contribution in [-0.4, -0.2) is 70.8 Å². The number of nitro groups is 1. The van der Waals surface area contributed by atoms with Gasteiger partial charge in [-0.25, -0.2) is 14.9 Å². The number of hydrazine groups is 1. The quantitative estimate of drug-likeness (QED) is 0.0414. The number of benzene rings is 1. The number of nitrogens with one attached hydrogen (secondary N) is 1. The maximum atomic E-state index is 13.4. The largest absolute Gasteiger partial charge is 0.467 e. The highest BCUT2D eigenvalue weighted by molar-refractivity contribution is 6.10. The van der Waals surface area contributed by atoms with Crippen molar-refractivity contribution >= 4 is 29.5 Å². The third-order valence-corrected chi connectivity index (χ3v) is 5.86. The zero-order valence-corrected chi connectivity index (χ0v) is 21.9. The van der Waals surface area contributed by atoms with Crippen LogP contribution in [0.3, 0.4) is 0 Å². The van der Waals surface area contributed by atoms with E-state index in [4.69, 9.17) is 21.9 Å². The minimum absolute atomic E-state index is 0.0627. The van der Waals surface area contributed by atoms with Crippen LogP contribution in [0, 0.1) is 10.1 Å². The molecule has 0 aromatic heterocycles. The maximum Gasteiger partial charge on any atom is 0.345 e. The molecule has 0 radical (unpaired) electrons. The van der Waals surface area contributed by atoms with Crippen LogP contribution in [0.1, 0.15) is 51.5 Å². The Bertz CT molecular complexity index is 1010. The van der Waals surface area contributed by atoms with Crippen molar-refractivity contribution in [1.82, 2.24) is 10.3 Å². The summed E-state index contributed by atoms with van der Waals surface area (Å²) in [5.74, 6) is -4.41. The van der Waals surface area contributed by atoms with Crippen molar-refractivity contribution in [1.29, 1.82) is 0 Å². The summed E-state index contributed by atoms with van der Waals surface area (Å²) in [7, 11) is 0.955. The van der Waals surface area contributed by atoms with Gasteiger partial charge in [0.2, 0.25) is 5.91 Å². The molecule has 0 aliphatic carbocycles. The van der Waals surface area contributed by atoms with E-state index >= 15 is 0 Å². The fourth-order valence-corrected chi connectivity index (χ4v) is 3.70. The van der Waals surface area contributed by atoms with Crippen molar-refractivity contribution in [3.63, 3.8) is 0 Å². The molecule has 0 spiro atoms. The summed E-state index contributed by atoms with van der Waals surface area (Å²) in [6, 6.07) is 6.96. The molecule has 210 valence electrons. The second-order valence-electron chi connectivity index (χ2n) is 8.87. The van der Waals surface area contributed by atoms with Crippen LogP contribution in [0.25, 0.3) is 0 Å². The Kier molecular flexibility index (Phi) is 12.8. The number of aryl methyl sites for hydroxylation is 1. The lowest BCUT2D eigenvalue weighted by Crippen LogP contribution is -2.66. The lowest BCUT2D eigenvalue weighted by atomic mass is 9.90. The first kappa shape index (κ1) is 32.0. The summed E-state index contributed by atoms with van der Waals surface area (Å²) in [5.41, 5.74) is 14.6. The first-order chi connectivity index (χ1) is 17.9. The number of guanidine groups is 1. The Balaban J connectivity index is 3.21. The minimum atomic E-state index is -2.58. The molecule has 0 unspecified atom stereocenters. The van der Waals surface area contributed by atoms with E-state index < -0.39 is 46.2 Å². The van der Waals surface area contributed by atoms with E-state index in [1.165, 1.54) is 6.92 Å². The summed E-state index contributed by atoms with van der Waals surface area (Å²) >= 11 is 0. The lowest BCUT2D eigenvalue weighted by molar-refractivity contribution is -0.645. The van der Waals surface area contributed by atoms with Crippen LogP contribution in [-0.2, 0) is 30.3 Å². The number of aliphatic imine (C=N–C) groups is 1. The zero-order valence-electron chi connectivity index (χ0n) is 21.9. The molecule has 0 aliphatic heterocycles. The SMILES string of the molecule is COC(=O)[C@](C)(C(=O)CCCCc1ccccc1)N(C(=O)[C@H](CCCN=C(N)N)NC(=O)[C@H](C)N)[N+](=O)[O-]. The lowest BCUT2D eigenvalue weighted by Gasteiger charge is -2.32. The molecule has 38 heavy (non-hydrogen) atoms. The van der Waals surface area contributed by atoms with Gasteiger partial charge in [0.05, 0.1) is 13.2 Å². The highest BCUT2D eigenvalue weighted by atomic mass is 16.7. The topological polar surface area (TPSA) is 226 Å². The van der Waals surface area contributed by atoms with Crippen molar-refractivity contribution in [2.75, 3.05) is 13.7 Å². The van der Waals surface area contributed by atoms with Crippen LogP contribution in [0.2, 0.25) is 0 Å². The predicted octanol–water partition coefficient (Wildman–Crippen LogP) is -0.194. The molecule has 0 aliphatic rings. The summed E-state index contributed by atoms with van der Waals surface area (Å²) < 4.78 is 4.71. The number of rotatable bonds is 16. The molecule has 7 N–H and O–H groups in total. The Morgan fingerprint density at radius 2 is 1.79 bits per heavy atom. The number of amides is 2. The number of nitrogens with two attached hydrogens (primary N) is 3. The number of ketones is 1. The van der Waals surface area contributed by atoms with Gasteiger partial charge in [0, 0.05) is 13.0 Å². The summed E-state index contributed by atoms with van der Waals surface area (Å²) in [6.45, 7) is 2.38. The summed E-state index contributed by atoms with van der Waals surface area (Å²) in [6.07, 6.45) is 1.31. The van der Waals surface area contributed by atoms with Crippen molar-refractivity contribution in [3.05, 3.63) is 46.0 Å². The first-order valence-corrected chi connectivity index (χ1v) is 12.1. The van der Waals surface area contributed by atoms with E-state index in [-0.39, 0.29) is 36.8 Å². The molecule has 14 nitrogen and oxygen atoms in total. The number of unbranched alkanes of at least 4 members (excludes halogenated alkanes) is 1. The van der Waals surface area contributed by atoms with Gasteiger partial charge in [-0.1, -0.05) is 30.3 Å². The Labute approximate surface area is 221 Å². The summed E-state index contributed by atoms with van der Waals surface area (Å²) in [5, 5.41) is 13.3. The first-order valence-electron chi connectivity index (χ1n) is 12.1. The van der Waals surface area contributed by atoms with Crippen molar-refractivity contribution in [2.45, 2.75) is 70.0 Å². The highest BCUT2D eigenvalue weighted by Crippen LogP contribution is 2.24. The monoisotopic (exact) mass is 535 g/mol. The number of esters is 1. The molecule has 1 aromatic carbocycles. The molecule has 0 fully saturated rings. The van der Waals surface area contributed by atoms with Gasteiger partial charge < -0.3 is 27.3 Å². The van der Waals surface area contributed by atoms with E-state index in [0.29, 0.717) is 19.3 Å². The number of Topliss-reactive ketones (excluding diaryl/α,β-unsaturated/α-hetero) is 1. The Hall–Kier alpha value is -4.07. The van der Waals surface area contributed by atoms with Gasteiger partial charge in [-0.15, -0.1) is 0 Å². The number of hydrogen-bond donors (Lipinski definition) is 4. The van der Waals surface area contributed by atoms with Crippen LogP contribution in [0.4, 0.5) is 0 Å². The average Bonchev–Trinajstić information content (AvgIpc) is 2.87. The highest BCUT2D eigenvalue weighted by Gasteiger charge is 2.57. The van der Waals surface area contributed by atoms with E-state index in [1.807, 2.05) is 30.3 Å². The Morgan fingerprint density at radius 3 is 2.32 bits per heavy atom. The van der Waals surface area contributed by atoms with Gasteiger partial charge in [0.1, 0.15) is 6.04 Å². The number of hydrogen-bond acceptors (Lipinski definition) is 9. The molecule has 3 atom stereocenters. The minimum Gasteiger partial charge on any atom is -0.467 e. The molecule has 1 rings (SSSR count). The molecule has 0 bridgehead atoms. The fraction of sp³-hybridized carbons (Fsp3) is 0.542. The van der Waals surface area contributed by atoms with Crippen molar-refractivity contribution < 1.29 is 28.9 Å². The third kappa shape index (κ3) is 9.10. The molecule has 0 saturated heterocycles. The maximum absolute atomic E-state index is 13.4. The van der Waals surface area contributed by atoms with Gasteiger partial charge in [-0.2, -0.15) is 0 Å². The molecule has 0 heterocycles. The summed E-state index contributed by atoms with van der Waals surface area (Å²) in [4.78, 5) is 67.6. The molecule has 1 aromatic rings. The second-order valence-corrected chi connectivity index (χ2v) is 8.87. The zero-order chi connectivity index (χ0) is 28.9. The average molecular weight is 536 g/mol. The second kappa shape index (κ2) is 15.2.